The molecule has 0 fully saturated rings. The van der Waals surface area contributed by atoms with Gasteiger partial charge in [-0.2, -0.15) is 0 Å². The van der Waals surface area contributed by atoms with Crippen LogP contribution in [-0.2, 0) is 65.4 Å². The molecule has 0 aromatic rings. The third-order valence-electron chi connectivity index (χ3n) is 18.5. The Kier molecular flexibility index (Phi) is 75.5. The van der Waals surface area contributed by atoms with Crippen LogP contribution in [0.4, 0.5) is 0 Å². The van der Waals surface area contributed by atoms with E-state index in [0.717, 1.165) is 122 Å². The van der Waals surface area contributed by atoms with Crippen LogP contribution < -0.4 is 0 Å². The van der Waals surface area contributed by atoms with Crippen LogP contribution in [0.2, 0.25) is 0 Å². The highest BCUT2D eigenvalue weighted by atomic mass is 31.2. The van der Waals surface area contributed by atoms with Crippen LogP contribution in [0.3, 0.4) is 0 Å². The number of esters is 4. The summed E-state index contributed by atoms with van der Waals surface area (Å²) in [5.41, 5.74) is 0. The number of hydrogen-bond acceptors (Lipinski definition) is 15. The summed E-state index contributed by atoms with van der Waals surface area (Å²) in [6.07, 6.45) is 78.9. The zero-order valence-electron chi connectivity index (χ0n) is 66.7. The van der Waals surface area contributed by atoms with Crippen molar-refractivity contribution in [2.75, 3.05) is 39.6 Å². The van der Waals surface area contributed by atoms with Crippen molar-refractivity contribution in [1.29, 1.82) is 0 Å². The fraction of sp³-hybridized carbons (Fsp3) is 0.835. The predicted molar refractivity (Wildman–Crippen MR) is 427 cm³/mol. The number of aliphatic hydroxyl groups excluding tert-OH is 1. The molecule has 3 N–H and O–H groups in total. The van der Waals surface area contributed by atoms with E-state index in [9.17, 15) is 43.2 Å². The average molecular weight is 1510 g/mol. The van der Waals surface area contributed by atoms with E-state index in [-0.39, 0.29) is 25.7 Å². The molecule has 0 aromatic carbocycles. The normalized spacial score (nSPS) is 14.1. The van der Waals surface area contributed by atoms with E-state index in [1.807, 2.05) is 0 Å². The number of rotatable bonds is 81. The molecular formula is C85H156O17P2. The van der Waals surface area contributed by atoms with Gasteiger partial charge >= 0.3 is 39.5 Å². The van der Waals surface area contributed by atoms with E-state index < -0.39 is 97.5 Å². The lowest BCUT2D eigenvalue weighted by atomic mass is 10.0. The summed E-state index contributed by atoms with van der Waals surface area (Å²) >= 11 is 0. The Balaban J connectivity index is 5.34. The SMILES string of the molecule is CC/C=C\C/C=C\C/C=C\C/C=C\C/C=C\CCCCCC(=O)OC[C@H](COP(=O)(O)OC[C@@H](O)COP(=O)(O)OC[C@@H](COC(=O)CCCCCCCCCCCCCCCCC)OC(=O)CCCCCCCCCCCCCCCCC)OC(=O)CCCCCCCCCCCCCCCCC. The second-order valence-corrected chi connectivity index (χ2v) is 31.7. The first kappa shape index (κ1) is 101. The third kappa shape index (κ3) is 76.9. The van der Waals surface area contributed by atoms with Gasteiger partial charge in [0.25, 0.3) is 0 Å². The fourth-order valence-corrected chi connectivity index (χ4v) is 13.7. The van der Waals surface area contributed by atoms with Gasteiger partial charge in [-0.3, -0.25) is 37.3 Å². The van der Waals surface area contributed by atoms with Crippen molar-refractivity contribution in [3.05, 3.63) is 60.8 Å². The number of phosphoric ester groups is 2. The number of hydrogen-bond donors (Lipinski definition) is 3. The van der Waals surface area contributed by atoms with Crippen molar-refractivity contribution in [3.63, 3.8) is 0 Å². The topological polar surface area (TPSA) is 237 Å². The molecule has 0 saturated carbocycles. The van der Waals surface area contributed by atoms with Gasteiger partial charge in [0, 0.05) is 25.7 Å². The summed E-state index contributed by atoms with van der Waals surface area (Å²) in [4.78, 5) is 73.2. The van der Waals surface area contributed by atoms with Gasteiger partial charge in [0.05, 0.1) is 26.4 Å². The largest absolute Gasteiger partial charge is 0.472 e. The highest BCUT2D eigenvalue weighted by Gasteiger charge is 2.30. The highest BCUT2D eigenvalue weighted by molar-refractivity contribution is 7.47. The number of aliphatic hydroxyl groups is 1. The Hall–Kier alpha value is -3.24. The molecule has 0 bridgehead atoms. The molecule has 5 atom stereocenters. The summed E-state index contributed by atoms with van der Waals surface area (Å²) in [5, 5.41) is 10.7. The van der Waals surface area contributed by atoms with Crippen molar-refractivity contribution in [2.45, 2.75) is 418 Å². The third-order valence-corrected chi connectivity index (χ3v) is 20.4. The van der Waals surface area contributed by atoms with E-state index in [4.69, 9.17) is 37.0 Å². The van der Waals surface area contributed by atoms with E-state index in [0.29, 0.717) is 25.7 Å². The molecule has 0 aliphatic rings. The minimum absolute atomic E-state index is 0.0942. The van der Waals surface area contributed by atoms with Crippen molar-refractivity contribution < 1.29 is 80.2 Å². The average Bonchev–Trinajstić information content (AvgIpc) is 0.918. The summed E-state index contributed by atoms with van der Waals surface area (Å²) in [5.74, 6) is -2.16. The van der Waals surface area contributed by atoms with E-state index >= 15 is 0 Å². The second kappa shape index (κ2) is 77.9. The second-order valence-electron chi connectivity index (χ2n) is 28.8. The Bertz CT molecular complexity index is 2200. The van der Waals surface area contributed by atoms with Gasteiger partial charge in [-0.25, -0.2) is 9.13 Å². The molecule has 2 unspecified atom stereocenters. The van der Waals surface area contributed by atoms with Gasteiger partial charge < -0.3 is 33.8 Å². The lowest BCUT2D eigenvalue weighted by Crippen LogP contribution is -2.30. The maximum absolute atomic E-state index is 13.1. The molecule has 17 nitrogen and oxygen atoms in total. The van der Waals surface area contributed by atoms with E-state index in [1.165, 1.54) is 199 Å². The Labute approximate surface area is 635 Å². The summed E-state index contributed by atoms with van der Waals surface area (Å²) in [6.45, 7) is 4.84. The van der Waals surface area contributed by atoms with Crippen LogP contribution in [0.1, 0.15) is 400 Å². The first-order chi connectivity index (χ1) is 50.7. The lowest BCUT2D eigenvalue weighted by molar-refractivity contribution is -0.161. The maximum Gasteiger partial charge on any atom is 0.472 e. The van der Waals surface area contributed by atoms with Crippen molar-refractivity contribution >= 4 is 39.5 Å². The van der Waals surface area contributed by atoms with Crippen LogP contribution in [-0.4, -0.2) is 96.7 Å². The summed E-state index contributed by atoms with van der Waals surface area (Å²) in [7, 11) is -9.95. The van der Waals surface area contributed by atoms with Crippen LogP contribution in [0, 0.1) is 0 Å². The van der Waals surface area contributed by atoms with E-state index in [1.54, 1.807) is 0 Å². The molecule has 104 heavy (non-hydrogen) atoms. The number of ether oxygens (including phenoxy) is 4. The standard InChI is InChI=1S/C85H156O17P2/c1-5-9-13-17-21-25-29-33-37-38-39-40-44-46-50-54-58-62-66-70-83(88)96-76-81(102-85(90)72-68-64-60-56-52-48-43-36-32-28-24-20-16-12-8-4)78-100-104(93,94)98-74-79(86)73-97-103(91,92)99-77-80(101-84(89)71-67-63-59-55-51-47-42-35-31-27-23-19-15-11-7-3)75-95-82(87)69-65-61-57-53-49-45-41-34-30-26-22-18-14-10-6-2/h9,13,21,25,33,37,39-40,46,50,79-81,86H,5-8,10-12,14-20,22-24,26-32,34-36,38,41-45,47-49,51-78H2,1-4H3,(H,91,92)(H,93,94)/b13-9-,25-21-,37-33-,40-39-,50-46-/t79-,80+,81+/m0/s1. The minimum atomic E-state index is -4.98. The number of carbonyl (C=O) groups excluding carboxylic acids is 4. The van der Waals surface area contributed by atoms with Gasteiger partial charge in [0.2, 0.25) is 0 Å². The Morgan fingerprint density at radius 1 is 0.279 bits per heavy atom. The number of phosphoric acid groups is 2. The highest BCUT2D eigenvalue weighted by Crippen LogP contribution is 2.45. The molecule has 0 saturated heterocycles. The number of unbranched alkanes of at least 4 members (excludes halogenated alkanes) is 45. The Morgan fingerprint density at radius 3 is 0.769 bits per heavy atom. The van der Waals surface area contributed by atoms with Gasteiger partial charge in [0.1, 0.15) is 19.3 Å². The first-order valence-corrected chi connectivity index (χ1v) is 45.5. The first-order valence-electron chi connectivity index (χ1n) is 42.5. The molecule has 608 valence electrons. The molecule has 19 heteroatoms. The van der Waals surface area contributed by atoms with Crippen LogP contribution in [0.15, 0.2) is 60.8 Å². The molecule has 0 radical (unpaired) electrons. The zero-order chi connectivity index (χ0) is 76.0. The fourth-order valence-electron chi connectivity index (χ4n) is 12.1. The van der Waals surface area contributed by atoms with Gasteiger partial charge in [-0.1, -0.05) is 365 Å². The van der Waals surface area contributed by atoms with Crippen LogP contribution in [0.5, 0.6) is 0 Å². The molecule has 0 heterocycles. The molecular weight excluding hydrogens is 1350 g/mol. The molecule has 0 amide bonds. The van der Waals surface area contributed by atoms with Gasteiger partial charge in [0.15, 0.2) is 12.2 Å². The summed E-state index contributed by atoms with van der Waals surface area (Å²) < 4.78 is 68.8. The molecule has 0 aliphatic carbocycles. The van der Waals surface area contributed by atoms with E-state index in [2.05, 4.69) is 88.5 Å². The van der Waals surface area contributed by atoms with Crippen molar-refractivity contribution in [1.82, 2.24) is 0 Å². The van der Waals surface area contributed by atoms with Crippen LogP contribution >= 0.6 is 15.6 Å². The molecule has 0 aromatic heterocycles. The predicted octanol–water partition coefficient (Wildman–Crippen LogP) is 25.0. The molecule has 0 aliphatic heterocycles. The van der Waals surface area contributed by atoms with Crippen LogP contribution in [0.25, 0.3) is 0 Å². The van der Waals surface area contributed by atoms with Gasteiger partial charge in [-0.15, -0.1) is 0 Å². The zero-order valence-corrected chi connectivity index (χ0v) is 68.5. The summed E-state index contributed by atoms with van der Waals surface area (Å²) in [6, 6.07) is 0. The smallest absolute Gasteiger partial charge is 0.462 e. The van der Waals surface area contributed by atoms with Crippen molar-refractivity contribution in [3.8, 4) is 0 Å². The molecule has 0 spiro atoms. The maximum atomic E-state index is 13.1. The van der Waals surface area contributed by atoms with Gasteiger partial charge in [-0.05, 0) is 70.6 Å². The lowest BCUT2D eigenvalue weighted by Gasteiger charge is -2.21. The molecule has 0 rings (SSSR count). The monoisotopic (exact) mass is 1510 g/mol. The quantitative estimate of drug-likeness (QED) is 0.0169. The number of allylic oxidation sites excluding steroid dienone is 10. The van der Waals surface area contributed by atoms with Crippen molar-refractivity contribution in [2.24, 2.45) is 0 Å². The minimum Gasteiger partial charge on any atom is -0.462 e. The Morgan fingerprint density at radius 2 is 0.500 bits per heavy atom. The number of carbonyl (C=O) groups is 4.